The van der Waals surface area contributed by atoms with Crippen LogP contribution in [0.3, 0.4) is 0 Å². The average molecular weight is 464 g/mol. The molecule has 182 valence electrons. The van der Waals surface area contributed by atoms with Gasteiger partial charge in [-0.1, -0.05) is 29.8 Å². The summed E-state index contributed by atoms with van der Waals surface area (Å²) in [5, 5.41) is 11.2. The summed E-state index contributed by atoms with van der Waals surface area (Å²) in [4.78, 5) is 6.66. The summed E-state index contributed by atoms with van der Waals surface area (Å²) in [5.74, 6) is 2.75. The van der Waals surface area contributed by atoms with Gasteiger partial charge in [-0.15, -0.1) is 0 Å². The number of ether oxygens (including phenoxy) is 2. The van der Waals surface area contributed by atoms with E-state index in [1.54, 1.807) is 0 Å². The largest absolute Gasteiger partial charge is 0.492 e. The molecule has 0 spiro atoms. The first-order valence-electron chi connectivity index (χ1n) is 12.2. The predicted octanol–water partition coefficient (Wildman–Crippen LogP) is 4.68. The van der Waals surface area contributed by atoms with Gasteiger partial charge in [0.2, 0.25) is 0 Å². The van der Waals surface area contributed by atoms with E-state index in [0.717, 1.165) is 61.9 Å². The monoisotopic (exact) mass is 463 g/mol. The topological polar surface area (TPSA) is 59.8 Å². The molecule has 1 aliphatic rings. The maximum Gasteiger partial charge on any atom is 0.122 e. The standard InChI is InChI=1S/C28H37N3O3/c1-22-5-10-27(23(2)19-22)34-21-28(32)11-4-14-30(15-12-28)20-25-6-8-26(9-7-25)33-18-17-31-16-13-29-24(31)3/h5-10,13,16,19,32H,4,11-12,14-15,17-18,20-21H2,1-3H3. The quantitative estimate of drug-likeness (QED) is 0.499. The van der Waals surface area contributed by atoms with Gasteiger partial charge in [-0.05, 0) is 75.9 Å². The Morgan fingerprint density at radius 2 is 1.82 bits per heavy atom. The number of imidazole rings is 1. The van der Waals surface area contributed by atoms with Gasteiger partial charge >= 0.3 is 0 Å². The zero-order valence-electron chi connectivity index (χ0n) is 20.7. The normalized spacial score (nSPS) is 19.1. The van der Waals surface area contributed by atoms with Crippen molar-refractivity contribution >= 4 is 0 Å². The molecule has 0 saturated carbocycles. The Bertz CT molecular complexity index is 1060. The van der Waals surface area contributed by atoms with Gasteiger partial charge in [-0.3, -0.25) is 4.90 Å². The van der Waals surface area contributed by atoms with Crippen molar-refractivity contribution in [2.24, 2.45) is 0 Å². The third-order valence-corrected chi connectivity index (χ3v) is 6.69. The van der Waals surface area contributed by atoms with Crippen LogP contribution in [0.1, 0.15) is 41.8 Å². The van der Waals surface area contributed by atoms with E-state index >= 15 is 0 Å². The predicted molar refractivity (Wildman–Crippen MR) is 134 cm³/mol. The number of likely N-dealkylation sites (tertiary alicyclic amines) is 1. The molecule has 6 nitrogen and oxygen atoms in total. The SMILES string of the molecule is Cc1ccc(OCC2(O)CCCN(Cc3ccc(OCCn4ccnc4C)cc3)CC2)c(C)c1. The number of rotatable bonds is 9. The summed E-state index contributed by atoms with van der Waals surface area (Å²) >= 11 is 0. The Morgan fingerprint density at radius 3 is 2.56 bits per heavy atom. The molecule has 3 aromatic rings. The number of hydrogen-bond acceptors (Lipinski definition) is 5. The van der Waals surface area contributed by atoms with Crippen molar-refractivity contribution in [3.8, 4) is 11.5 Å². The van der Waals surface area contributed by atoms with E-state index in [2.05, 4.69) is 52.6 Å². The molecule has 0 aliphatic carbocycles. The van der Waals surface area contributed by atoms with Crippen LogP contribution in [0.4, 0.5) is 0 Å². The van der Waals surface area contributed by atoms with Crippen molar-refractivity contribution in [1.82, 2.24) is 14.5 Å². The molecule has 1 fully saturated rings. The number of nitrogens with zero attached hydrogens (tertiary/aromatic N) is 3. The summed E-state index contributed by atoms with van der Waals surface area (Å²) in [7, 11) is 0. The van der Waals surface area contributed by atoms with Gasteiger partial charge in [0.05, 0.1) is 12.1 Å². The minimum absolute atomic E-state index is 0.343. The zero-order chi connectivity index (χ0) is 24.0. The van der Waals surface area contributed by atoms with Crippen molar-refractivity contribution in [3.63, 3.8) is 0 Å². The van der Waals surface area contributed by atoms with E-state index < -0.39 is 5.60 Å². The van der Waals surface area contributed by atoms with Crippen molar-refractivity contribution in [2.75, 3.05) is 26.3 Å². The maximum absolute atomic E-state index is 11.2. The van der Waals surface area contributed by atoms with Crippen LogP contribution in [-0.4, -0.2) is 51.5 Å². The molecule has 2 aromatic carbocycles. The number of aliphatic hydroxyl groups is 1. The molecular formula is C28H37N3O3. The molecule has 6 heteroatoms. The molecule has 0 bridgehead atoms. The van der Waals surface area contributed by atoms with Crippen LogP contribution in [0.15, 0.2) is 54.9 Å². The first-order chi connectivity index (χ1) is 16.4. The minimum Gasteiger partial charge on any atom is -0.492 e. The zero-order valence-corrected chi connectivity index (χ0v) is 20.7. The average Bonchev–Trinajstić information content (AvgIpc) is 3.13. The van der Waals surface area contributed by atoms with Gasteiger partial charge in [0.15, 0.2) is 0 Å². The van der Waals surface area contributed by atoms with Gasteiger partial charge in [-0.25, -0.2) is 4.98 Å². The second-order valence-electron chi connectivity index (χ2n) is 9.57. The fourth-order valence-corrected chi connectivity index (χ4v) is 4.56. The smallest absolute Gasteiger partial charge is 0.122 e. The van der Waals surface area contributed by atoms with Crippen LogP contribution in [-0.2, 0) is 13.1 Å². The molecule has 1 saturated heterocycles. The van der Waals surface area contributed by atoms with Crippen LogP contribution >= 0.6 is 0 Å². The summed E-state index contributed by atoms with van der Waals surface area (Å²) < 4.78 is 14.0. The number of aryl methyl sites for hydroxylation is 3. The molecule has 1 aliphatic heterocycles. The van der Waals surface area contributed by atoms with E-state index in [4.69, 9.17) is 9.47 Å². The van der Waals surface area contributed by atoms with Crippen molar-refractivity contribution < 1.29 is 14.6 Å². The molecule has 1 atom stereocenters. The van der Waals surface area contributed by atoms with Crippen molar-refractivity contribution in [2.45, 2.75) is 58.7 Å². The second-order valence-corrected chi connectivity index (χ2v) is 9.57. The van der Waals surface area contributed by atoms with E-state index in [1.165, 1.54) is 11.1 Å². The highest BCUT2D eigenvalue weighted by Gasteiger charge is 2.31. The lowest BCUT2D eigenvalue weighted by Crippen LogP contribution is -2.37. The second kappa shape index (κ2) is 11.1. The highest BCUT2D eigenvalue weighted by Crippen LogP contribution is 2.26. The number of benzene rings is 2. The minimum atomic E-state index is -0.780. The van der Waals surface area contributed by atoms with Gasteiger partial charge in [0, 0.05) is 25.5 Å². The van der Waals surface area contributed by atoms with Crippen LogP contribution in [0.5, 0.6) is 11.5 Å². The van der Waals surface area contributed by atoms with Crippen molar-refractivity contribution in [3.05, 3.63) is 77.4 Å². The molecule has 34 heavy (non-hydrogen) atoms. The van der Waals surface area contributed by atoms with E-state index in [9.17, 15) is 5.11 Å². The third-order valence-electron chi connectivity index (χ3n) is 6.69. The van der Waals surface area contributed by atoms with Crippen LogP contribution in [0.25, 0.3) is 0 Å². The van der Waals surface area contributed by atoms with Crippen molar-refractivity contribution in [1.29, 1.82) is 0 Å². The lowest BCUT2D eigenvalue weighted by atomic mass is 9.96. The lowest BCUT2D eigenvalue weighted by Gasteiger charge is -2.27. The fourth-order valence-electron chi connectivity index (χ4n) is 4.56. The Kier molecular flexibility index (Phi) is 7.91. The van der Waals surface area contributed by atoms with Gasteiger partial charge in [-0.2, -0.15) is 0 Å². The summed E-state index contributed by atoms with van der Waals surface area (Å²) in [5.41, 5.74) is 2.81. The fraction of sp³-hybridized carbons (Fsp3) is 0.464. The number of aromatic nitrogens is 2. The first-order valence-corrected chi connectivity index (χ1v) is 12.2. The van der Waals surface area contributed by atoms with Gasteiger partial charge < -0.3 is 19.1 Å². The molecule has 1 aromatic heterocycles. The first kappa shape index (κ1) is 24.3. The highest BCUT2D eigenvalue weighted by atomic mass is 16.5. The highest BCUT2D eigenvalue weighted by molar-refractivity contribution is 5.35. The maximum atomic E-state index is 11.2. The summed E-state index contributed by atoms with van der Waals surface area (Å²) in [6.07, 6.45) is 6.22. The van der Waals surface area contributed by atoms with Gasteiger partial charge in [0.1, 0.15) is 30.5 Å². The summed E-state index contributed by atoms with van der Waals surface area (Å²) in [6, 6.07) is 14.5. The lowest BCUT2D eigenvalue weighted by molar-refractivity contribution is -0.0170. The van der Waals surface area contributed by atoms with E-state index in [-0.39, 0.29) is 0 Å². The van der Waals surface area contributed by atoms with Crippen LogP contribution in [0, 0.1) is 20.8 Å². The molecule has 1 N–H and O–H groups in total. The molecule has 2 heterocycles. The number of hydrogen-bond donors (Lipinski definition) is 1. The van der Waals surface area contributed by atoms with E-state index in [1.807, 2.05) is 37.5 Å². The Balaban J connectivity index is 1.23. The van der Waals surface area contributed by atoms with Crippen LogP contribution < -0.4 is 9.47 Å². The Hall–Kier alpha value is -2.83. The molecular weight excluding hydrogens is 426 g/mol. The van der Waals surface area contributed by atoms with Crippen LogP contribution in [0.2, 0.25) is 0 Å². The molecule has 4 rings (SSSR count). The Labute approximate surface area is 203 Å². The molecule has 0 radical (unpaired) electrons. The molecule has 1 unspecified atom stereocenters. The van der Waals surface area contributed by atoms with E-state index in [0.29, 0.717) is 19.6 Å². The Morgan fingerprint density at radius 1 is 1.00 bits per heavy atom. The molecule has 0 amide bonds. The van der Waals surface area contributed by atoms with Gasteiger partial charge in [0.25, 0.3) is 0 Å². The third kappa shape index (κ3) is 6.61. The summed E-state index contributed by atoms with van der Waals surface area (Å²) in [6.45, 7) is 10.6.